The molecule has 0 saturated heterocycles. The number of rotatable bonds is 14. The van der Waals surface area contributed by atoms with E-state index in [2.05, 4.69) is 30.7 Å². The third kappa shape index (κ3) is 49.0. The van der Waals surface area contributed by atoms with Gasteiger partial charge in [-0.25, -0.2) is 37.5 Å². The van der Waals surface area contributed by atoms with Crippen molar-refractivity contribution in [2.24, 2.45) is 0 Å². The van der Waals surface area contributed by atoms with Crippen LogP contribution in [0.5, 0.6) is 0 Å². The fraction of sp³-hybridized carbons (Fsp3) is 0.650. The second kappa shape index (κ2) is 33.3. The lowest BCUT2D eigenvalue weighted by Gasteiger charge is -2.19. The Kier molecular flexibility index (Phi) is 33.9. The minimum atomic E-state index is -1.04. The van der Waals surface area contributed by atoms with Crippen LogP contribution in [0.25, 0.3) is 0 Å². The van der Waals surface area contributed by atoms with Gasteiger partial charge < -0.3 is 59.9 Å². The van der Waals surface area contributed by atoms with Gasteiger partial charge in [-0.3, -0.25) is 0 Å². The minimum absolute atomic E-state index is 0.00130. The van der Waals surface area contributed by atoms with Gasteiger partial charge >= 0.3 is 36.3 Å². The maximum Gasteiger partial charge on any atom is 0.407 e. The van der Waals surface area contributed by atoms with E-state index in [0.29, 0.717) is 0 Å². The molecule has 6 N–H and O–H groups in total. The molecule has 0 aromatic carbocycles. The van der Waals surface area contributed by atoms with Crippen LogP contribution < -0.4 is 21.3 Å². The first-order chi connectivity index (χ1) is 28.2. The largest absolute Gasteiger partial charge is 0.461 e. The van der Waals surface area contributed by atoms with Crippen LogP contribution in [0.4, 0.5) is 36.7 Å². The summed E-state index contributed by atoms with van der Waals surface area (Å²) in [5.74, 6) is -5.52. The standard InChI is InChI=1S/2C11H18FNO4.2C9H16FNO3/c2*1-5-16-9(14)8(12)6-7-13-10(15)17-11(2,3)4;2*1-9(2,3)14-8(13)11-5-4-7(10)6-12/h2*6H,5,7H2,1-4H3,(H,13,15);2*4,12H,5-6H2,1-3H3,(H,11,13)/b8-6+;8-6-;7-4+;7-4-. The zero-order chi connectivity index (χ0) is 49.3. The number of aliphatic hydroxyl groups excluding tert-OH is 2. The highest BCUT2D eigenvalue weighted by molar-refractivity contribution is 5.86. The Morgan fingerprint density at radius 3 is 0.823 bits per heavy atom. The molecule has 0 spiro atoms. The molecule has 18 nitrogen and oxygen atoms in total. The molecule has 0 aliphatic carbocycles. The van der Waals surface area contributed by atoms with Gasteiger partial charge in [0, 0.05) is 26.2 Å². The predicted octanol–water partition coefficient (Wildman–Crippen LogP) is 6.57. The van der Waals surface area contributed by atoms with E-state index in [1.165, 1.54) is 0 Å². The molecule has 360 valence electrons. The molecular formula is C40H68F4N4O14. The predicted molar refractivity (Wildman–Crippen MR) is 221 cm³/mol. The van der Waals surface area contributed by atoms with Crippen molar-refractivity contribution in [3.8, 4) is 0 Å². The molecule has 0 heterocycles. The first-order valence-corrected chi connectivity index (χ1v) is 19.1. The lowest BCUT2D eigenvalue weighted by molar-refractivity contribution is -0.141. The maximum atomic E-state index is 13.0. The van der Waals surface area contributed by atoms with E-state index in [4.69, 9.17) is 29.2 Å². The fourth-order valence-corrected chi connectivity index (χ4v) is 2.89. The molecule has 0 aromatic heterocycles. The number of aliphatic hydroxyl groups is 2. The molecule has 0 aliphatic rings. The Balaban J connectivity index is -0.000000363. The van der Waals surface area contributed by atoms with Crippen LogP contribution in [0.15, 0.2) is 47.6 Å². The summed E-state index contributed by atoms with van der Waals surface area (Å²) in [5.41, 5.74) is -2.37. The molecule has 62 heavy (non-hydrogen) atoms. The van der Waals surface area contributed by atoms with Crippen molar-refractivity contribution in [3.05, 3.63) is 47.6 Å². The Bertz CT molecular complexity index is 1380. The van der Waals surface area contributed by atoms with Crippen LogP contribution in [0.2, 0.25) is 0 Å². The second-order valence-corrected chi connectivity index (χ2v) is 15.7. The summed E-state index contributed by atoms with van der Waals surface area (Å²) < 4.78 is 79.0. The molecule has 0 saturated carbocycles. The van der Waals surface area contributed by atoms with Gasteiger partial charge in [0.15, 0.2) is 0 Å². The van der Waals surface area contributed by atoms with E-state index in [0.717, 1.165) is 24.3 Å². The van der Waals surface area contributed by atoms with Gasteiger partial charge in [0.25, 0.3) is 0 Å². The van der Waals surface area contributed by atoms with Crippen LogP contribution in [-0.2, 0) is 38.0 Å². The monoisotopic (exact) mass is 904 g/mol. The third-order valence-electron chi connectivity index (χ3n) is 5.03. The molecule has 0 atom stereocenters. The van der Waals surface area contributed by atoms with Crippen molar-refractivity contribution in [2.45, 2.75) is 119 Å². The number of ether oxygens (including phenoxy) is 6. The highest BCUT2D eigenvalue weighted by atomic mass is 19.1. The van der Waals surface area contributed by atoms with Crippen LogP contribution in [0, 0.1) is 0 Å². The number of alkyl carbamates (subject to hydrolysis) is 4. The second-order valence-electron chi connectivity index (χ2n) is 15.7. The normalized spacial score (nSPS) is 12.2. The molecule has 0 aliphatic heterocycles. The van der Waals surface area contributed by atoms with Crippen LogP contribution >= 0.6 is 0 Å². The first kappa shape index (κ1) is 63.3. The molecule has 0 fully saturated rings. The minimum Gasteiger partial charge on any atom is -0.461 e. The van der Waals surface area contributed by atoms with Crippen LogP contribution in [0.3, 0.4) is 0 Å². The van der Waals surface area contributed by atoms with Gasteiger partial charge in [-0.1, -0.05) is 0 Å². The van der Waals surface area contributed by atoms with E-state index in [1.54, 1.807) is 96.9 Å². The molecule has 22 heteroatoms. The summed E-state index contributed by atoms with van der Waals surface area (Å²) in [6, 6.07) is 0. The van der Waals surface area contributed by atoms with Gasteiger partial charge in [-0.2, -0.15) is 8.78 Å². The Hall–Kier alpha value is -5.38. The summed E-state index contributed by atoms with van der Waals surface area (Å²) >= 11 is 0. The van der Waals surface area contributed by atoms with Gasteiger partial charge in [0.05, 0.1) is 26.4 Å². The average Bonchev–Trinajstić information content (AvgIpc) is 3.09. The molecule has 4 amide bonds. The van der Waals surface area contributed by atoms with Crippen molar-refractivity contribution in [2.75, 3.05) is 52.6 Å². The number of amides is 4. The zero-order valence-corrected chi connectivity index (χ0v) is 38.3. The fourth-order valence-electron chi connectivity index (χ4n) is 2.89. The quantitative estimate of drug-likeness (QED) is 0.0468. The number of carbonyl (C=O) groups excluding carboxylic acids is 6. The van der Waals surface area contributed by atoms with E-state index >= 15 is 0 Å². The van der Waals surface area contributed by atoms with E-state index in [1.807, 2.05) is 0 Å². The lowest BCUT2D eigenvalue weighted by atomic mass is 10.2. The number of esters is 2. The van der Waals surface area contributed by atoms with E-state index in [-0.39, 0.29) is 39.4 Å². The Morgan fingerprint density at radius 1 is 0.435 bits per heavy atom. The molecule has 0 radical (unpaired) electrons. The van der Waals surface area contributed by atoms with Crippen molar-refractivity contribution < 1.29 is 85.0 Å². The van der Waals surface area contributed by atoms with Gasteiger partial charge in [-0.15, -0.1) is 0 Å². The van der Waals surface area contributed by atoms with Crippen LogP contribution in [-0.4, -0.2) is 122 Å². The van der Waals surface area contributed by atoms with Crippen molar-refractivity contribution >= 4 is 36.3 Å². The van der Waals surface area contributed by atoms with Crippen molar-refractivity contribution in [1.82, 2.24) is 21.3 Å². The maximum absolute atomic E-state index is 13.0. The number of halogens is 4. The van der Waals surface area contributed by atoms with Crippen molar-refractivity contribution in [1.29, 1.82) is 0 Å². The highest BCUT2D eigenvalue weighted by Gasteiger charge is 2.18. The Morgan fingerprint density at radius 2 is 0.645 bits per heavy atom. The summed E-state index contributed by atoms with van der Waals surface area (Å²) in [7, 11) is 0. The summed E-state index contributed by atoms with van der Waals surface area (Å²) in [5, 5.41) is 25.8. The highest BCUT2D eigenvalue weighted by Crippen LogP contribution is 2.09. The van der Waals surface area contributed by atoms with Gasteiger partial charge in [0.1, 0.15) is 34.1 Å². The topological polar surface area (TPSA) is 246 Å². The van der Waals surface area contributed by atoms with Crippen LogP contribution in [0.1, 0.15) is 96.9 Å². The van der Waals surface area contributed by atoms with E-state index < -0.39 is 95.2 Å². The molecular weight excluding hydrogens is 836 g/mol. The molecule has 0 aromatic rings. The third-order valence-corrected chi connectivity index (χ3v) is 5.03. The smallest absolute Gasteiger partial charge is 0.407 e. The van der Waals surface area contributed by atoms with Gasteiger partial charge in [-0.05, 0) is 121 Å². The number of carbonyl (C=O) groups is 6. The zero-order valence-electron chi connectivity index (χ0n) is 38.3. The molecule has 0 bridgehead atoms. The average molecular weight is 905 g/mol. The summed E-state index contributed by atoms with van der Waals surface area (Å²) in [6.07, 6.45) is 1.41. The lowest BCUT2D eigenvalue weighted by Crippen LogP contribution is -2.32. The molecule has 0 rings (SSSR count). The number of hydrogen-bond donors (Lipinski definition) is 6. The molecule has 0 unspecified atom stereocenters. The van der Waals surface area contributed by atoms with E-state index in [9.17, 15) is 46.3 Å². The number of hydrogen-bond acceptors (Lipinski definition) is 14. The van der Waals surface area contributed by atoms with Crippen molar-refractivity contribution in [3.63, 3.8) is 0 Å². The number of nitrogens with one attached hydrogen (secondary N) is 4. The SMILES string of the molecule is CC(C)(C)OC(=O)NC/C=C(/F)CO.CC(C)(C)OC(=O)NC/C=C(\F)CO.CCOC(=O)/C(F)=C/CNC(=O)OC(C)(C)C.CCOC(=O)/C(F)=C\CNC(=O)OC(C)(C)C. The summed E-state index contributed by atoms with van der Waals surface area (Å²) in [6.45, 7) is 22.4. The Labute approximate surface area is 361 Å². The summed E-state index contributed by atoms with van der Waals surface area (Å²) in [4.78, 5) is 65.9. The van der Waals surface area contributed by atoms with Gasteiger partial charge in [0.2, 0.25) is 11.7 Å². The first-order valence-electron chi connectivity index (χ1n) is 19.1.